The number of fused-ring (bicyclic) bond motifs is 1. The maximum absolute atomic E-state index is 14.0. The van der Waals surface area contributed by atoms with Crippen molar-refractivity contribution in [2.45, 2.75) is 32.4 Å². The maximum atomic E-state index is 14.0. The molecule has 1 aromatic heterocycles. The van der Waals surface area contributed by atoms with Crippen LogP contribution in [0.3, 0.4) is 0 Å². The Bertz CT molecular complexity index is 706. The standard InChI is InChI=1S/C16H17FN2O/c17-14-8-11(9-18)4-5-13(14)10-19-15-3-1-2-12(15)6-7-16(19)20/h4-8H,1-3,9-10,18H2. The van der Waals surface area contributed by atoms with Gasteiger partial charge in [0.05, 0.1) is 6.54 Å². The summed E-state index contributed by atoms with van der Waals surface area (Å²) in [7, 11) is 0. The molecular weight excluding hydrogens is 255 g/mol. The lowest BCUT2D eigenvalue weighted by atomic mass is 10.1. The number of benzene rings is 1. The second kappa shape index (κ2) is 5.21. The molecule has 1 aliphatic rings. The lowest BCUT2D eigenvalue weighted by Crippen LogP contribution is -2.23. The minimum absolute atomic E-state index is 0.0621. The van der Waals surface area contributed by atoms with Crippen LogP contribution in [-0.4, -0.2) is 4.57 Å². The number of pyridine rings is 1. The highest BCUT2D eigenvalue weighted by Gasteiger charge is 2.16. The summed E-state index contributed by atoms with van der Waals surface area (Å²) in [5.74, 6) is -0.296. The van der Waals surface area contributed by atoms with Crippen molar-refractivity contribution in [3.05, 3.63) is 68.9 Å². The van der Waals surface area contributed by atoms with Gasteiger partial charge in [-0.25, -0.2) is 4.39 Å². The molecule has 2 N–H and O–H groups in total. The first kappa shape index (κ1) is 13.1. The molecule has 0 saturated heterocycles. The van der Waals surface area contributed by atoms with Gasteiger partial charge in [0, 0.05) is 23.9 Å². The molecule has 0 amide bonds. The van der Waals surface area contributed by atoms with E-state index in [1.54, 1.807) is 16.7 Å². The van der Waals surface area contributed by atoms with Gasteiger partial charge in [-0.05, 0) is 36.5 Å². The monoisotopic (exact) mass is 272 g/mol. The van der Waals surface area contributed by atoms with E-state index >= 15 is 0 Å². The van der Waals surface area contributed by atoms with Gasteiger partial charge >= 0.3 is 0 Å². The van der Waals surface area contributed by atoms with E-state index < -0.39 is 0 Å². The molecule has 1 aromatic carbocycles. The van der Waals surface area contributed by atoms with Gasteiger partial charge < -0.3 is 10.3 Å². The van der Waals surface area contributed by atoms with Gasteiger partial charge in [-0.3, -0.25) is 4.79 Å². The number of hydrogen-bond donors (Lipinski definition) is 1. The summed E-state index contributed by atoms with van der Waals surface area (Å²) in [6, 6.07) is 8.46. The zero-order valence-electron chi connectivity index (χ0n) is 11.2. The second-order valence-electron chi connectivity index (χ2n) is 5.21. The molecule has 4 heteroatoms. The number of nitrogens with two attached hydrogens (primary N) is 1. The van der Waals surface area contributed by atoms with Gasteiger partial charge in [0.2, 0.25) is 0 Å². The minimum Gasteiger partial charge on any atom is -0.326 e. The molecular formula is C16H17FN2O. The van der Waals surface area contributed by atoms with Crippen LogP contribution in [0, 0.1) is 5.82 Å². The van der Waals surface area contributed by atoms with E-state index in [-0.39, 0.29) is 11.4 Å². The fourth-order valence-corrected chi connectivity index (χ4v) is 2.82. The van der Waals surface area contributed by atoms with Crippen LogP contribution in [0.2, 0.25) is 0 Å². The van der Waals surface area contributed by atoms with Gasteiger partial charge in [0.25, 0.3) is 5.56 Å². The summed E-state index contributed by atoms with van der Waals surface area (Å²) in [4.78, 5) is 12.0. The average molecular weight is 272 g/mol. The first-order valence-electron chi connectivity index (χ1n) is 6.88. The summed E-state index contributed by atoms with van der Waals surface area (Å²) in [5, 5.41) is 0. The summed E-state index contributed by atoms with van der Waals surface area (Å²) in [6.45, 7) is 0.608. The number of aromatic nitrogens is 1. The van der Waals surface area contributed by atoms with Crippen molar-refractivity contribution < 1.29 is 4.39 Å². The molecule has 3 nitrogen and oxygen atoms in total. The third kappa shape index (κ3) is 2.27. The van der Waals surface area contributed by atoms with Crippen LogP contribution in [-0.2, 0) is 25.9 Å². The lowest BCUT2D eigenvalue weighted by molar-refractivity contribution is 0.589. The molecule has 104 valence electrons. The Morgan fingerprint density at radius 3 is 2.80 bits per heavy atom. The first-order valence-corrected chi connectivity index (χ1v) is 6.88. The van der Waals surface area contributed by atoms with Crippen LogP contribution in [0.15, 0.2) is 35.1 Å². The maximum Gasteiger partial charge on any atom is 0.251 e. The molecule has 1 heterocycles. The van der Waals surface area contributed by atoms with Crippen LogP contribution in [0.4, 0.5) is 4.39 Å². The van der Waals surface area contributed by atoms with Gasteiger partial charge in [0.15, 0.2) is 0 Å². The Morgan fingerprint density at radius 2 is 2.05 bits per heavy atom. The van der Waals surface area contributed by atoms with E-state index in [9.17, 15) is 9.18 Å². The SMILES string of the molecule is NCc1ccc(Cn2c3c(ccc2=O)CCC3)c(F)c1. The smallest absolute Gasteiger partial charge is 0.251 e. The van der Waals surface area contributed by atoms with Crippen molar-refractivity contribution in [1.82, 2.24) is 4.57 Å². The van der Waals surface area contributed by atoms with Crippen molar-refractivity contribution in [3.63, 3.8) is 0 Å². The summed E-state index contributed by atoms with van der Waals surface area (Å²) < 4.78 is 15.7. The van der Waals surface area contributed by atoms with E-state index in [1.807, 2.05) is 12.1 Å². The highest BCUT2D eigenvalue weighted by Crippen LogP contribution is 2.21. The highest BCUT2D eigenvalue weighted by atomic mass is 19.1. The molecule has 0 bridgehead atoms. The quantitative estimate of drug-likeness (QED) is 0.928. The number of rotatable bonds is 3. The largest absolute Gasteiger partial charge is 0.326 e. The van der Waals surface area contributed by atoms with Crippen molar-refractivity contribution in [2.75, 3.05) is 0 Å². The van der Waals surface area contributed by atoms with Gasteiger partial charge in [-0.2, -0.15) is 0 Å². The molecule has 0 radical (unpaired) electrons. The lowest BCUT2D eigenvalue weighted by Gasteiger charge is -2.13. The highest BCUT2D eigenvalue weighted by molar-refractivity contribution is 5.29. The predicted molar refractivity (Wildman–Crippen MR) is 76.1 cm³/mol. The molecule has 3 rings (SSSR count). The number of hydrogen-bond acceptors (Lipinski definition) is 2. The van der Waals surface area contributed by atoms with Crippen LogP contribution in [0.5, 0.6) is 0 Å². The fraction of sp³-hybridized carbons (Fsp3) is 0.312. The molecule has 0 fully saturated rings. The average Bonchev–Trinajstić information content (AvgIpc) is 2.92. The zero-order chi connectivity index (χ0) is 14.1. The molecule has 2 aromatic rings. The van der Waals surface area contributed by atoms with Crippen LogP contribution < -0.4 is 11.3 Å². The summed E-state index contributed by atoms with van der Waals surface area (Å²) in [6.07, 6.45) is 2.96. The van der Waals surface area contributed by atoms with Crippen LogP contribution in [0.25, 0.3) is 0 Å². The Labute approximate surface area is 116 Å². The topological polar surface area (TPSA) is 48.0 Å². The third-order valence-corrected chi connectivity index (χ3v) is 3.93. The van der Waals surface area contributed by atoms with Gasteiger partial charge in [0.1, 0.15) is 5.82 Å². The predicted octanol–water partition coefficient (Wildman–Crippen LogP) is 1.98. The molecule has 1 aliphatic carbocycles. The van der Waals surface area contributed by atoms with Crippen molar-refractivity contribution in [3.8, 4) is 0 Å². The summed E-state index contributed by atoms with van der Waals surface area (Å²) in [5.41, 5.74) is 9.00. The number of halogens is 1. The van der Waals surface area contributed by atoms with Crippen molar-refractivity contribution in [1.29, 1.82) is 0 Å². The first-order chi connectivity index (χ1) is 9.69. The summed E-state index contributed by atoms with van der Waals surface area (Å²) >= 11 is 0. The van der Waals surface area contributed by atoms with Gasteiger partial charge in [-0.1, -0.05) is 18.2 Å². The molecule has 0 aliphatic heterocycles. The van der Waals surface area contributed by atoms with E-state index in [1.165, 1.54) is 11.6 Å². The van der Waals surface area contributed by atoms with Crippen LogP contribution >= 0.6 is 0 Å². The molecule has 0 unspecified atom stereocenters. The molecule has 0 spiro atoms. The van der Waals surface area contributed by atoms with Crippen LogP contribution in [0.1, 0.15) is 28.8 Å². The van der Waals surface area contributed by atoms with E-state index in [0.29, 0.717) is 18.7 Å². The normalized spacial score (nSPS) is 13.5. The molecule has 0 atom stereocenters. The fourth-order valence-electron chi connectivity index (χ4n) is 2.82. The Hall–Kier alpha value is -1.94. The van der Waals surface area contributed by atoms with Crippen molar-refractivity contribution >= 4 is 0 Å². The number of nitrogens with zero attached hydrogens (tertiary/aromatic N) is 1. The minimum atomic E-state index is -0.296. The van der Waals surface area contributed by atoms with E-state index in [4.69, 9.17) is 5.73 Å². The molecule has 0 saturated carbocycles. The van der Waals surface area contributed by atoms with Gasteiger partial charge in [-0.15, -0.1) is 0 Å². The number of aryl methyl sites for hydroxylation is 1. The van der Waals surface area contributed by atoms with Crippen molar-refractivity contribution in [2.24, 2.45) is 5.73 Å². The van der Waals surface area contributed by atoms with E-state index in [2.05, 4.69) is 0 Å². The zero-order valence-corrected chi connectivity index (χ0v) is 11.2. The molecule has 20 heavy (non-hydrogen) atoms. The van der Waals surface area contributed by atoms with E-state index in [0.717, 1.165) is 30.5 Å². The Morgan fingerprint density at radius 1 is 1.20 bits per heavy atom. The second-order valence-corrected chi connectivity index (χ2v) is 5.21. The Kier molecular flexibility index (Phi) is 3.40. The third-order valence-electron chi connectivity index (χ3n) is 3.93. The Balaban J connectivity index is 2.00.